The Morgan fingerprint density at radius 3 is 0.721 bits per heavy atom. The first-order valence-corrected chi connectivity index (χ1v) is 20.8. The van der Waals surface area contributed by atoms with E-state index in [-0.39, 0.29) is 0 Å². The maximum absolute atomic E-state index is 2.86. The molecule has 0 aromatic rings. The Morgan fingerprint density at radius 2 is 0.488 bits per heavy atom. The molecule has 0 fully saturated rings. The zero-order valence-electron chi connectivity index (χ0n) is 31.4. The van der Waals surface area contributed by atoms with Gasteiger partial charge in [-0.05, 0) is 50.7 Å². The lowest BCUT2D eigenvalue weighted by molar-refractivity contribution is 0.254. The third-order valence-corrected chi connectivity index (χ3v) is 9.84. The van der Waals surface area contributed by atoms with Gasteiger partial charge in [0.05, 0.1) is 0 Å². The van der Waals surface area contributed by atoms with Gasteiger partial charge in [0.1, 0.15) is 0 Å². The van der Waals surface area contributed by atoms with Gasteiger partial charge in [0.25, 0.3) is 0 Å². The molecule has 0 saturated carbocycles. The largest absolute Gasteiger partial charge is 0.303 e. The van der Waals surface area contributed by atoms with Gasteiger partial charge in [-0.1, -0.05) is 221 Å². The lowest BCUT2D eigenvalue weighted by atomic mass is 10.0. The van der Waals surface area contributed by atoms with Crippen LogP contribution in [0.3, 0.4) is 0 Å². The second kappa shape index (κ2) is 36.4. The van der Waals surface area contributed by atoms with Gasteiger partial charge in [0, 0.05) is 0 Å². The molecule has 0 aliphatic rings. The molecule has 0 N–H and O–H groups in total. The molecule has 0 aliphatic carbocycles. The zero-order chi connectivity index (χ0) is 31.5. The van der Waals surface area contributed by atoms with Gasteiger partial charge in [-0.3, -0.25) is 0 Å². The molecule has 0 bridgehead atoms. The normalized spacial score (nSPS) is 12.0. The average Bonchev–Trinajstić information content (AvgIpc) is 2.98. The highest BCUT2D eigenvalue weighted by Gasteiger charge is 2.05. The zero-order valence-corrected chi connectivity index (χ0v) is 31.4. The van der Waals surface area contributed by atoms with E-state index in [0.717, 1.165) is 11.8 Å². The van der Waals surface area contributed by atoms with Crippen molar-refractivity contribution in [3.05, 3.63) is 0 Å². The Balaban J connectivity index is 3.91. The molecule has 0 aromatic heterocycles. The molecular formula is C42H87N. The van der Waals surface area contributed by atoms with Gasteiger partial charge < -0.3 is 4.90 Å². The summed E-state index contributed by atoms with van der Waals surface area (Å²) in [5.74, 6) is 1.77. The summed E-state index contributed by atoms with van der Waals surface area (Å²) < 4.78 is 0. The van der Waals surface area contributed by atoms with Crippen LogP contribution >= 0.6 is 0 Å². The van der Waals surface area contributed by atoms with Crippen molar-refractivity contribution in [3.63, 3.8) is 0 Å². The summed E-state index contributed by atoms with van der Waals surface area (Å²) in [5, 5.41) is 0. The van der Waals surface area contributed by atoms with Crippen LogP contribution in [0.4, 0.5) is 0 Å². The smallest absolute Gasteiger partial charge is 0.00187 e. The topological polar surface area (TPSA) is 3.24 Å². The van der Waals surface area contributed by atoms with Crippen molar-refractivity contribution in [2.45, 2.75) is 240 Å². The van der Waals surface area contributed by atoms with Gasteiger partial charge in [-0.2, -0.15) is 0 Å². The van der Waals surface area contributed by atoms with Crippen LogP contribution in [-0.2, 0) is 0 Å². The highest BCUT2D eigenvalue weighted by Crippen LogP contribution is 2.16. The predicted molar refractivity (Wildman–Crippen MR) is 200 cm³/mol. The van der Waals surface area contributed by atoms with E-state index < -0.39 is 0 Å². The summed E-state index contributed by atoms with van der Waals surface area (Å²) in [5.41, 5.74) is 0. The molecule has 0 unspecified atom stereocenters. The Labute approximate surface area is 275 Å². The molecular weight excluding hydrogens is 518 g/mol. The van der Waals surface area contributed by atoms with Crippen LogP contribution in [0.25, 0.3) is 0 Å². The first-order chi connectivity index (χ1) is 21.1. The Hall–Kier alpha value is -0.0400. The lowest BCUT2D eigenvalue weighted by Crippen LogP contribution is -2.27. The van der Waals surface area contributed by atoms with Crippen molar-refractivity contribution in [2.75, 3.05) is 19.6 Å². The van der Waals surface area contributed by atoms with E-state index in [0.29, 0.717) is 0 Å². The summed E-state index contributed by atoms with van der Waals surface area (Å²) in [6, 6.07) is 0. The summed E-state index contributed by atoms with van der Waals surface area (Å²) in [6.07, 6.45) is 46.7. The number of rotatable bonds is 37. The van der Waals surface area contributed by atoms with Crippen molar-refractivity contribution in [1.29, 1.82) is 0 Å². The minimum atomic E-state index is 0.886. The SMILES string of the molecule is CCCCCCCCCCCCCCCCN(CCCCCCCCCCC(C)C)CCCCCCCCCCC(C)C. The maximum Gasteiger partial charge on any atom is -0.00187 e. The fourth-order valence-corrected chi connectivity index (χ4v) is 6.76. The fraction of sp³-hybridized carbons (Fsp3) is 1.00. The monoisotopic (exact) mass is 606 g/mol. The number of unbranched alkanes of at least 4 members (excludes halogenated alkanes) is 27. The Morgan fingerprint density at radius 1 is 0.279 bits per heavy atom. The molecule has 0 rings (SSSR count). The Bertz CT molecular complexity index is 455. The van der Waals surface area contributed by atoms with Crippen LogP contribution in [0.15, 0.2) is 0 Å². The standard InChI is InChI=1S/C42H87N/c1-6-7-8-9-10-11-12-13-14-15-18-23-28-33-38-43(39-34-29-24-19-16-21-26-31-36-41(2)3)40-35-30-25-20-17-22-27-32-37-42(4)5/h41-42H,6-40H2,1-5H3. The summed E-state index contributed by atoms with van der Waals surface area (Å²) in [4.78, 5) is 2.86. The van der Waals surface area contributed by atoms with E-state index in [1.54, 1.807) is 0 Å². The van der Waals surface area contributed by atoms with Crippen molar-refractivity contribution in [3.8, 4) is 0 Å². The van der Waals surface area contributed by atoms with E-state index in [9.17, 15) is 0 Å². The van der Waals surface area contributed by atoms with E-state index in [1.165, 1.54) is 225 Å². The van der Waals surface area contributed by atoms with Crippen molar-refractivity contribution in [2.24, 2.45) is 11.8 Å². The van der Waals surface area contributed by atoms with E-state index in [2.05, 4.69) is 39.5 Å². The van der Waals surface area contributed by atoms with Gasteiger partial charge in [-0.15, -0.1) is 0 Å². The molecule has 0 radical (unpaired) electrons. The van der Waals surface area contributed by atoms with Crippen LogP contribution in [0, 0.1) is 11.8 Å². The predicted octanol–water partition coefficient (Wildman–Crippen LogP) is 15.1. The van der Waals surface area contributed by atoms with Crippen LogP contribution in [0.5, 0.6) is 0 Å². The number of hydrogen-bond donors (Lipinski definition) is 0. The number of nitrogens with zero attached hydrogens (tertiary/aromatic N) is 1. The van der Waals surface area contributed by atoms with E-state index in [1.807, 2.05) is 0 Å². The lowest BCUT2D eigenvalue weighted by Gasteiger charge is -2.22. The highest BCUT2D eigenvalue weighted by atomic mass is 15.1. The molecule has 0 amide bonds. The van der Waals surface area contributed by atoms with Crippen LogP contribution < -0.4 is 0 Å². The third-order valence-electron chi connectivity index (χ3n) is 9.84. The van der Waals surface area contributed by atoms with Gasteiger partial charge >= 0.3 is 0 Å². The summed E-state index contributed by atoms with van der Waals surface area (Å²) in [6.45, 7) is 15.8. The summed E-state index contributed by atoms with van der Waals surface area (Å²) >= 11 is 0. The third kappa shape index (κ3) is 38.1. The molecule has 0 atom stereocenters. The molecule has 260 valence electrons. The average molecular weight is 606 g/mol. The molecule has 43 heavy (non-hydrogen) atoms. The van der Waals surface area contributed by atoms with Gasteiger partial charge in [0.2, 0.25) is 0 Å². The first-order valence-electron chi connectivity index (χ1n) is 20.8. The minimum Gasteiger partial charge on any atom is -0.303 e. The van der Waals surface area contributed by atoms with Crippen molar-refractivity contribution < 1.29 is 0 Å². The molecule has 0 heterocycles. The van der Waals surface area contributed by atoms with Crippen molar-refractivity contribution >= 4 is 0 Å². The molecule has 0 saturated heterocycles. The molecule has 1 heteroatoms. The van der Waals surface area contributed by atoms with Crippen molar-refractivity contribution in [1.82, 2.24) is 4.90 Å². The molecule has 0 spiro atoms. The maximum atomic E-state index is 2.86. The Kier molecular flexibility index (Phi) is 36.4. The fourth-order valence-electron chi connectivity index (χ4n) is 6.76. The number of hydrogen-bond acceptors (Lipinski definition) is 1. The van der Waals surface area contributed by atoms with Crippen LogP contribution in [-0.4, -0.2) is 24.5 Å². The van der Waals surface area contributed by atoms with Crippen LogP contribution in [0.2, 0.25) is 0 Å². The van der Waals surface area contributed by atoms with Crippen LogP contribution in [0.1, 0.15) is 240 Å². The molecule has 0 aliphatic heterocycles. The molecule has 1 nitrogen and oxygen atoms in total. The van der Waals surface area contributed by atoms with Gasteiger partial charge in [0.15, 0.2) is 0 Å². The van der Waals surface area contributed by atoms with Gasteiger partial charge in [-0.25, -0.2) is 0 Å². The van der Waals surface area contributed by atoms with E-state index >= 15 is 0 Å². The minimum absolute atomic E-state index is 0.886. The van der Waals surface area contributed by atoms with E-state index in [4.69, 9.17) is 0 Å². The first kappa shape index (κ1) is 43.0. The highest BCUT2D eigenvalue weighted by molar-refractivity contribution is 4.61. The second-order valence-electron chi connectivity index (χ2n) is 15.5. The summed E-state index contributed by atoms with van der Waals surface area (Å²) in [7, 11) is 0. The second-order valence-corrected chi connectivity index (χ2v) is 15.5. The quantitative estimate of drug-likeness (QED) is 0.0637. The molecule has 0 aromatic carbocycles.